The second-order valence-electron chi connectivity index (χ2n) is 6.16. The maximum Gasteiger partial charge on any atom is 0.358 e. The lowest BCUT2D eigenvalue weighted by Crippen LogP contribution is -2.03. The number of nitrogens with zero attached hydrogens (tertiary/aromatic N) is 4. The Hall–Kier alpha value is -4.07. The van der Waals surface area contributed by atoms with Crippen LogP contribution in [0.5, 0.6) is 0 Å². The average molecular weight is 374 g/mol. The van der Waals surface area contributed by atoms with Gasteiger partial charge in [0.2, 0.25) is 0 Å². The summed E-state index contributed by atoms with van der Waals surface area (Å²) in [6, 6.07) is 15.7. The Morgan fingerprint density at radius 1 is 0.964 bits per heavy atom. The summed E-state index contributed by atoms with van der Waals surface area (Å²) in [5, 5.41) is 26.8. The molecular weight excluding hydrogens is 360 g/mol. The summed E-state index contributed by atoms with van der Waals surface area (Å²) in [6.45, 7) is 1.63. The average Bonchev–Trinajstić information content (AvgIpc) is 3.08. The SMILES string of the molecule is Cc1c(C(=O)O)nnn1-c1ccc(-c2cc(C(=O)O)c3ccccc3n2)cc1. The predicted molar refractivity (Wildman–Crippen MR) is 101 cm³/mol. The number of carbonyl (C=O) groups is 2. The highest BCUT2D eigenvalue weighted by Gasteiger charge is 2.16. The summed E-state index contributed by atoms with van der Waals surface area (Å²) in [4.78, 5) is 27.3. The van der Waals surface area contributed by atoms with Gasteiger partial charge in [0.1, 0.15) is 0 Å². The lowest BCUT2D eigenvalue weighted by atomic mass is 10.0. The summed E-state index contributed by atoms with van der Waals surface area (Å²) >= 11 is 0. The first-order chi connectivity index (χ1) is 13.5. The Bertz CT molecular complexity index is 1230. The molecule has 0 fully saturated rings. The van der Waals surface area contributed by atoms with Crippen LogP contribution in [0.3, 0.4) is 0 Å². The van der Waals surface area contributed by atoms with Gasteiger partial charge in [-0.2, -0.15) is 0 Å². The van der Waals surface area contributed by atoms with Crippen LogP contribution in [0.4, 0.5) is 0 Å². The third-order valence-electron chi connectivity index (χ3n) is 4.45. The van der Waals surface area contributed by atoms with Gasteiger partial charge in [-0.15, -0.1) is 5.10 Å². The molecule has 2 heterocycles. The minimum atomic E-state index is -1.14. The minimum Gasteiger partial charge on any atom is -0.478 e. The Morgan fingerprint density at radius 3 is 2.32 bits per heavy atom. The largest absolute Gasteiger partial charge is 0.478 e. The van der Waals surface area contributed by atoms with Crippen molar-refractivity contribution in [3.8, 4) is 16.9 Å². The zero-order valence-electron chi connectivity index (χ0n) is 14.7. The number of hydrogen-bond acceptors (Lipinski definition) is 5. The highest BCUT2D eigenvalue weighted by atomic mass is 16.4. The van der Waals surface area contributed by atoms with Crippen molar-refractivity contribution in [2.45, 2.75) is 6.92 Å². The molecule has 8 heteroatoms. The van der Waals surface area contributed by atoms with Crippen molar-refractivity contribution in [3.63, 3.8) is 0 Å². The molecule has 0 spiro atoms. The molecule has 8 nitrogen and oxygen atoms in total. The molecule has 2 aromatic carbocycles. The first-order valence-corrected chi connectivity index (χ1v) is 8.35. The summed E-state index contributed by atoms with van der Waals surface area (Å²) < 4.78 is 1.43. The Morgan fingerprint density at radius 2 is 1.68 bits per heavy atom. The van der Waals surface area contributed by atoms with Gasteiger partial charge in [0.05, 0.1) is 28.2 Å². The second-order valence-corrected chi connectivity index (χ2v) is 6.16. The van der Waals surface area contributed by atoms with Crippen molar-refractivity contribution in [1.29, 1.82) is 0 Å². The quantitative estimate of drug-likeness (QED) is 0.563. The molecule has 0 saturated heterocycles. The zero-order chi connectivity index (χ0) is 19.8. The number of carboxylic acids is 2. The van der Waals surface area contributed by atoms with E-state index in [4.69, 9.17) is 5.11 Å². The van der Waals surface area contributed by atoms with Crippen LogP contribution in [0.2, 0.25) is 0 Å². The number of aromatic nitrogens is 4. The molecular formula is C20H14N4O4. The van der Waals surface area contributed by atoms with E-state index >= 15 is 0 Å². The van der Waals surface area contributed by atoms with Crippen molar-refractivity contribution < 1.29 is 19.8 Å². The second kappa shape index (κ2) is 6.58. The van der Waals surface area contributed by atoms with E-state index in [9.17, 15) is 14.7 Å². The van der Waals surface area contributed by atoms with E-state index < -0.39 is 11.9 Å². The van der Waals surface area contributed by atoms with E-state index in [1.807, 2.05) is 0 Å². The molecule has 0 aliphatic carbocycles. The fraction of sp³-hybridized carbons (Fsp3) is 0.0500. The van der Waals surface area contributed by atoms with Crippen LogP contribution in [0.15, 0.2) is 54.6 Å². The molecule has 28 heavy (non-hydrogen) atoms. The van der Waals surface area contributed by atoms with Gasteiger partial charge in [0.25, 0.3) is 0 Å². The minimum absolute atomic E-state index is 0.105. The van der Waals surface area contributed by atoms with Crippen LogP contribution in [0.25, 0.3) is 27.8 Å². The highest BCUT2D eigenvalue weighted by molar-refractivity contribution is 6.03. The molecule has 0 atom stereocenters. The van der Waals surface area contributed by atoms with Crippen LogP contribution < -0.4 is 0 Å². The molecule has 2 N–H and O–H groups in total. The third-order valence-corrected chi connectivity index (χ3v) is 4.45. The number of pyridine rings is 1. The summed E-state index contributed by atoms with van der Waals surface area (Å²) in [5.41, 5.74) is 2.99. The Balaban J connectivity index is 1.77. The van der Waals surface area contributed by atoms with Gasteiger partial charge in [-0.25, -0.2) is 19.3 Å². The molecule has 2 aromatic heterocycles. The smallest absolute Gasteiger partial charge is 0.358 e. The molecule has 0 unspecified atom stereocenters. The molecule has 0 aliphatic heterocycles. The standard InChI is InChI=1S/C20H14N4O4/c1-11-18(20(27)28)22-23-24(11)13-8-6-12(7-9-13)17-10-15(19(25)26)14-4-2-3-5-16(14)21-17/h2-10H,1H3,(H,25,26)(H,27,28). The normalized spacial score (nSPS) is 10.9. The van der Waals surface area contributed by atoms with Crippen molar-refractivity contribution in [2.75, 3.05) is 0 Å². The van der Waals surface area contributed by atoms with Crippen molar-refractivity contribution in [3.05, 3.63) is 71.5 Å². The van der Waals surface area contributed by atoms with Gasteiger partial charge >= 0.3 is 11.9 Å². The summed E-state index contributed by atoms with van der Waals surface area (Å²) in [5.74, 6) is -2.15. The van der Waals surface area contributed by atoms with Crippen LogP contribution in [0.1, 0.15) is 26.5 Å². The van der Waals surface area contributed by atoms with Gasteiger partial charge in [0.15, 0.2) is 5.69 Å². The maximum atomic E-state index is 11.6. The van der Waals surface area contributed by atoms with E-state index in [1.165, 1.54) is 4.68 Å². The Kier molecular flexibility index (Phi) is 4.08. The van der Waals surface area contributed by atoms with E-state index in [0.717, 1.165) is 5.56 Å². The number of hydrogen-bond donors (Lipinski definition) is 2. The topological polar surface area (TPSA) is 118 Å². The van der Waals surface area contributed by atoms with Gasteiger partial charge in [-0.3, -0.25) is 0 Å². The van der Waals surface area contributed by atoms with Crippen molar-refractivity contribution >= 4 is 22.8 Å². The lowest BCUT2D eigenvalue weighted by molar-refractivity contribution is 0.0682. The van der Waals surface area contributed by atoms with Gasteiger partial charge in [-0.1, -0.05) is 35.5 Å². The monoisotopic (exact) mass is 374 g/mol. The van der Waals surface area contributed by atoms with Crippen molar-refractivity contribution in [2.24, 2.45) is 0 Å². The first kappa shape index (κ1) is 17.3. The van der Waals surface area contributed by atoms with Gasteiger partial charge in [-0.05, 0) is 31.2 Å². The zero-order valence-corrected chi connectivity index (χ0v) is 14.7. The maximum absolute atomic E-state index is 11.6. The number of carboxylic acid groups (broad SMARTS) is 2. The number of fused-ring (bicyclic) bond motifs is 1. The molecule has 0 amide bonds. The molecule has 0 bridgehead atoms. The lowest BCUT2D eigenvalue weighted by Gasteiger charge is -2.08. The van der Waals surface area contributed by atoms with Gasteiger partial charge in [0, 0.05) is 10.9 Å². The number of aromatic carboxylic acids is 2. The molecule has 0 saturated carbocycles. The van der Waals surface area contributed by atoms with E-state index in [2.05, 4.69) is 15.3 Å². The number of rotatable bonds is 4. The third kappa shape index (κ3) is 2.86. The Labute approximate surface area is 158 Å². The summed E-state index contributed by atoms with van der Waals surface area (Å²) in [7, 11) is 0. The van der Waals surface area contributed by atoms with Crippen molar-refractivity contribution in [1.82, 2.24) is 20.0 Å². The molecule has 4 rings (SSSR count). The predicted octanol–water partition coefficient (Wildman–Crippen LogP) is 3.19. The fourth-order valence-electron chi connectivity index (χ4n) is 3.05. The van der Waals surface area contributed by atoms with Crippen LogP contribution >= 0.6 is 0 Å². The number of benzene rings is 2. The first-order valence-electron chi connectivity index (χ1n) is 8.35. The van der Waals surface area contributed by atoms with Crippen LogP contribution in [-0.2, 0) is 0 Å². The summed E-state index contributed by atoms with van der Waals surface area (Å²) in [6.07, 6.45) is 0. The molecule has 0 radical (unpaired) electrons. The molecule has 4 aromatic rings. The van der Waals surface area contributed by atoms with Crippen LogP contribution in [-0.4, -0.2) is 42.1 Å². The number of para-hydroxylation sites is 1. The molecule has 0 aliphatic rings. The fourth-order valence-corrected chi connectivity index (χ4v) is 3.05. The van der Waals surface area contributed by atoms with E-state index in [-0.39, 0.29) is 11.3 Å². The van der Waals surface area contributed by atoms with E-state index in [0.29, 0.717) is 28.0 Å². The molecule has 138 valence electrons. The van der Waals surface area contributed by atoms with E-state index in [1.54, 1.807) is 61.5 Å². The van der Waals surface area contributed by atoms with Gasteiger partial charge < -0.3 is 10.2 Å². The highest BCUT2D eigenvalue weighted by Crippen LogP contribution is 2.26. The van der Waals surface area contributed by atoms with Crippen LogP contribution in [0, 0.1) is 6.92 Å².